The highest BCUT2D eigenvalue weighted by molar-refractivity contribution is 5.67. The van der Waals surface area contributed by atoms with Gasteiger partial charge in [0.25, 0.3) is 0 Å². The van der Waals surface area contributed by atoms with Crippen molar-refractivity contribution in [1.29, 1.82) is 0 Å². The minimum absolute atomic E-state index is 0.172. The largest absolute Gasteiger partial charge is 0.445 e. The van der Waals surface area contributed by atoms with Crippen LogP contribution >= 0.6 is 0 Å². The van der Waals surface area contributed by atoms with Gasteiger partial charge >= 0.3 is 6.09 Å². The zero-order valence-corrected chi connectivity index (χ0v) is 13.2. The molecule has 0 aliphatic heterocycles. The quantitative estimate of drug-likeness (QED) is 0.845. The highest BCUT2D eigenvalue weighted by atomic mass is 16.6. The summed E-state index contributed by atoms with van der Waals surface area (Å²) < 4.78 is 5.37. The molecule has 1 aromatic rings. The lowest BCUT2D eigenvalue weighted by molar-refractivity contribution is 0.0808. The Bertz CT molecular complexity index is 444. The zero-order valence-electron chi connectivity index (χ0n) is 13.2. The Morgan fingerprint density at radius 1 is 1.27 bits per heavy atom. The molecule has 122 valence electrons. The number of rotatable bonds is 6. The third-order valence-corrected chi connectivity index (χ3v) is 4.28. The maximum Gasteiger partial charge on any atom is 0.410 e. The van der Waals surface area contributed by atoms with E-state index in [1.54, 1.807) is 4.90 Å². The van der Waals surface area contributed by atoms with Gasteiger partial charge in [0, 0.05) is 25.7 Å². The van der Waals surface area contributed by atoms with Gasteiger partial charge in [0.1, 0.15) is 6.61 Å². The Morgan fingerprint density at radius 2 is 1.95 bits per heavy atom. The molecule has 0 saturated heterocycles. The van der Waals surface area contributed by atoms with E-state index in [-0.39, 0.29) is 18.7 Å². The molecule has 0 radical (unpaired) electrons. The molecule has 0 atom stereocenters. The Hall–Kier alpha value is -1.59. The average Bonchev–Trinajstić information content (AvgIpc) is 2.58. The SMILES string of the molecule is CN(C(=O)OCc1ccccc1)C1CCC(NCCO)CC1. The van der Waals surface area contributed by atoms with Crippen LogP contribution in [-0.4, -0.2) is 48.4 Å². The van der Waals surface area contributed by atoms with Crippen molar-refractivity contribution in [3.63, 3.8) is 0 Å². The van der Waals surface area contributed by atoms with Crippen LogP contribution in [0, 0.1) is 0 Å². The van der Waals surface area contributed by atoms with Crippen molar-refractivity contribution in [3.05, 3.63) is 35.9 Å². The predicted octanol–water partition coefficient (Wildman–Crippen LogP) is 2.15. The third kappa shape index (κ3) is 5.00. The van der Waals surface area contributed by atoms with Gasteiger partial charge in [-0.05, 0) is 31.2 Å². The van der Waals surface area contributed by atoms with Crippen molar-refractivity contribution in [1.82, 2.24) is 10.2 Å². The number of benzene rings is 1. The zero-order chi connectivity index (χ0) is 15.8. The molecule has 0 aromatic heterocycles. The Labute approximate surface area is 132 Å². The van der Waals surface area contributed by atoms with Gasteiger partial charge in [0.15, 0.2) is 0 Å². The Morgan fingerprint density at radius 3 is 2.59 bits per heavy atom. The molecule has 1 aromatic carbocycles. The van der Waals surface area contributed by atoms with Crippen molar-refractivity contribution < 1.29 is 14.6 Å². The summed E-state index contributed by atoms with van der Waals surface area (Å²) in [5.74, 6) is 0. The minimum Gasteiger partial charge on any atom is -0.445 e. The fourth-order valence-corrected chi connectivity index (χ4v) is 2.91. The lowest BCUT2D eigenvalue weighted by atomic mass is 9.90. The lowest BCUT2D eigenvalue weighted by Crippen LogP contribution is -2.43. The number of carbonyl (C=O) groups is 1. The molecule has 5 nitrogen and oxygen atoms in total. The van der Waals surface area contributed by atoms with Crippen LogP contribution < -0.4 is 5.32 Å². The summed E-state index contributed by atoms with van der Waals surface area (Å²) >= 11 is 0. The highest BCUT2D eigenvalue weighted by Crippen LogP contribution is 2.23. The van der Waals surface area contributed by atoms with E-state index in [0.717, 1.165) is 31.2 Å². The molecule has 22 heavy (non-hydrogen) atoms. The van der Waals surface area contributed by atoms with Gasteiger partial charge in [-0.1, -0.05) is 30.3 Å². The summed E-state index contributed by atoms with van der Waals surface area (Å²) in [6.45, 7) is 1.13. The predicted molar refractivity (Wildman–Crippen MR) is 85.5 cm³/mol. The fraction of sp³-hybridized carbons (Fsp3) is 0.588. The van der Waals surface area contributed by atoms with E-state index in [9.17, 15) is 4.79 Å². The van der Waals surface area contributed by atoms with E-state index in [4.69, 9.17) is 9.84 Å². The summed E-state index contributed by atoms with van der Waals surface area (Å²) in [6, 6.07) is 10.4. The first-order valence-corrected chi connectivity index (χ1v) is 7.98. The van der Waals surface area contributed by atoms with Crippen molar-refractivity contribution in [2.45, 2.75) is 44.4 Å². The number of carbonyl (C=O) groups excluding carboxylic acids is 1. The molecule has 0 heterocycles. The summed E-state index contributed by atoms with van der Waals surface area (Å²) in [5, 5.41) is 12.2. The van der Waals surface area contributed by atoms with E-state index in [0.29, 0.717) is 19.2 Å². The molecule has 2 rings (SSSR count). The number of amides is 1. The van der Waals surface area contributed by atoms with E-state index in [1.807, 2.05) is 37.4 Å². The van der Waals surface area contributed by atoms with E-state index < -0.39 is 0 Å². The molecule has 1 fully saturated rings. The van der Waals surface area contributed by atoms with E-state index >= 15 is 0 Å². The van der Waals surface area contributed by atoms with Crippen LogP contribution in [0.15, 0.2) is 30.3 Å². The smallest absolute Gasteiger partial charge is 0.410 e. The van der Waals surface area contributed by atoms with Gasteiger partial charge in [-0.15, -0.1) is 0 Å². The first kappa shape index (κ1) is 16.8. The van der Waals surface area contributed by atoms with Crippen LogP contribution in [0.1, 0.15) is 31.2 Å². The van der Waals surface area contributed by atoms with Crippen LogP contribution in [0.4, 0.5) is 4.79 Å². The Balaban J connectivity index is 1.72. The summed E-state index contributed by atoms with van der Waals surface area (Å²) in [6.07, 6.45) is 3.75. The maximum atomic E-state index is 12.1. The molecule has 1 aliphatic rings. The molecular weight excluding hydrogens is 280 g/mol. The molecule has 1 saturated carbocycles. The van der Waals surface area contributed by atoms with Gasteiger partial charge in [-0.2, -0.15) is 0 Å². The van der Waals surface area contributed by atoms with Crippen LogP contribution in [0.25, 0.3) is 0 Å². The van der Waals surface area contributed by atoms with Gasteiger partial charge in [0.05, 0.1) is 6.61 Å². The number of hydrogen-bond acceptors (Lipinski definition) is 4. The lowest BCUT2D eigenvalue weighted by Gasteiger charge is -2.34. The maximum absolute atomic E-state index is 12.1. The average molecular weight is 306 g/mol. The fourth-order valence-electron chi connectivity index (χ4n) is 2.91. The normalized spacial score (nSPS) is 21.4. The minimum atomic E-state index is -0.254. The van der Waals surface area contributed by atoms with Crippen molar-refractivity contribution in [3.8, 4) is 0 Å². The molecule has 0 bridgehead atoms. The standard InChI is InChI=1S/C17H26N2O3/c1-19(16-9-7-15(8-10-16)18-11-12-20)17(21)22-13-14-5-3-2-4-6-14/h2-6,15-16,18,20H,7-13H2,1H3. The molecule has 1 aliphatic carbocycles. The first-order valence-electron chi connectivity index (χ1n) is 7.98. The molecule has 1 amide bonds. The topological polar surface area (TPSA) is 61.8 Å². The molecule has 5 heteroatoms. The highest BCUT2D eigenvalue weighted by Gasteiger charge is 2.26. The van der Waals surface area contributed by atoms with Gasteiger partial charge < -0.3 is 20.1 Å². The van der Waals surface area contributed by atoms with Crippen LogP contribution in [0.2, 0.25) is 0 Å². The molecule has 2 N–H and O–H groups in total. The number of aliphatic hydroxyl groups excluding tert-OH is 1. The van der Waals surface area contributed by atoms with Crippen LogP contribution in [0.5, 0.6) is 0 Å². The summed E-state index contributed by atoms with van der Waals surface area (Å²) in [7, 11) is 1.82. The molecular formula is C17H26N2O3. The van der Waals surface area contributed by atoms with Crippen LogP contribution in [0.3, 0.4) is 0 Å². The number of nitrogens with zero attached hydrogens (tertiary/aromatic N) is 1. The van der Waals surface area contributed by atoms with Crippen molar-refractivity contribution in [2.24, 2.45) is 0 Å². The number of hydrogen-bond donors (Lipinski definition) is 2. The number of ether oxygens (including phenoxy) is 1. The number of aliphatic hydroxyl groups is 1. The number of nitrogens with one attached hydrogen (secondary N) is 1. The van der Waals surface area contributed by atoms with E-state index in [2.05, 4.69) is 5.32 Å². The second-order valence-corrected chi connectivity index (χ2v) is 5.83. The van der Waals surface area contributed by atoms with Gasteiger partial charge in [0.2, 0.25) is 0 Å². The van der Waals surface area contributed by atoms with Crippen molar-refractivity contribution >= 4 is 6.09 Å². The summed E-state index contributed by atoms with van der Waals surface area (Å²) in [4.78, 5) is 13.9. The van der Waals surface area contributed by atoms with Crippen LogP contribution in [-0.2, 0) is 11.3 Å². The van der Waals surface area contributed by atoms with Gasteiger partial charge in [-0.25, -0.2) is 4.79 Å². The van der Waals surface area contributed by atoms with Gasteiger partial charge in [-0.3, -0.25) is 0 Å². The molecule has 0 spiro atoms. The Kier molecular flexibility index (Phi) is 6.68. The summed E-state index contributed by atoms with van der Waals surface area (Å²) in [5.41, 5.74) is 1.00. The third-order valence-electron chi connectivity index (χ3n) is 4.28. The monoisotopic (exact) mass is 306 g/mol. The second-order valence-electron chi connectivity index (χ2n) is 5.83. The second kappa shape index (κ2) is 8.76. The molecule has 0 unspecified atom stereocenters. The van der Waals surface area contributed by atoms with E-state index in [1.165, 1.54) is 0 Å². The first-order chi connectivity index (χ1) is 10.7. The van der Waals surface area contributed by atoms with Crippen molar-refractivity contribution in [2.75, 3.05) is 20.2 Å².